The third-order valence-corrected chi connectivity index (χ3v) is 6.29. The monoisotopic (exact) mass is 494 g/mol. The van der Waals surface area contributed by atoms with Gasteiger partial charge in [0, 0.05) is 52.6 Å². The van der Waals surface area contributed by atoms with E-state index in [1.54, 1.807) is 12.4 Å². The summed E-state index contributed by atoms with van der Waals surface area (Å²) in [7, 11) is 0. The Kier molecular flexibility index (Phi) is 4.83. The first-order valence-electron chi connectivity index (χ1n) is 9.29. The molecule has 3 aliphatic heterocycles. The number of likely N-dealkylation sites (tertiary alicyclic amines) is 1. The lowest BCUT2D eigenvalue weighted by Crippen LogP contribution is -2.37. The van der Waals surface area contributed by atoms with Crippen molar-refractivity contribution >= 4 is 43.5 Å². The number of pyridine rings is 2. The highest BCUT2D eigenvalue weighted by Gasteiger charge is 2.38. The zero-order valence-corrected chi connectivity index (χ0v) is 17.9. The highest BCUT2D eigenvalue weighted by molar-refractivity contribution is 9.10. The van der Waals surface area contributed by atoms with Crippen molar-refractivity contribution in [1.29, 1.82) is 0 Å². The average Bonchev–Trinajstić information content (AvgIpc) is 3.27. The van der Waals surface area contributed by atoms with Gasteiger partial charge in [0.25, 0.3) is 0 Å². The van der Waals surface area contributed by atoms with E-state index in [9.17, 15) is 0 Å². The molecule has 3 aliphatic rings. The van der Waals surface area contributed by atoms with Crippen molar-refractivity contribution in [2.45, 2.75) is 31.4 Å². The largest absolute Gasteiger partial charge is 0.449 e. The second-order valence-electron chi connectivity index (χ2n) is 7.25. The molecule has 2 bridgehead atoms. The predicted molar refractivity (Wildman–Crippen MR) is 110 cm³/mol. The molecule has 0 amide bonds. The average molecular weight is 496 g/mol. The molecule has 6 nitrogen and oxygen atoms in total. The Morgan fingerprint density at radius 2 is 1.67 bits per heavy atom. The van der Waals surface area contributed by atoms with Crippen LogP contribution in [0.2, 0.25) is 0 Å². The lowest BCUT2D eigenvalue weighted by Gasteiger charge is -2.31. The van der Waals surface area contributed by atoms with Crippen molar-refractivity contribution in [3.05, 3.63) is 33.5 Å². The maximum atomic E-state index is 6.04. The van der Waals surface area contributed by atoms with Crippen LogP contribution in [0.25, 0.3) is 0 Å². The van der Waals surface area contributed by atoms with E-state index in [2.05, 4.69) is 51.6 Å². The number of hydrogen-bond donors (Lipinski definition) is 0. The number of morpholine rings is 1. The number of ether oxygens (including phenoxy) is 2. The van der Waals surface area contributed by atoms with Crippen LogP contribution in [0.4, 0.5) is 11.6 Å². The van der Waals surface area contributed by atoms with E-state index in [4.69, 9.17) is 9.47 Å². The van der Waals surface area contributed by atoms with Crippen LogP contribution in [-0.4, -0.2) is 53.3 Å². The quantitative estimate of drug-likeness (QED) is 0.569. The molecular formula is C19H20Br2N4O2. The Morgan fingerprint density at radius 1 is 1.00 bits per heavy atom. The first-order chi connectivity index (χ1) is 13.2. The van der Waals surface area contributed by atoms with Gasteiger partial charge >= 0.3 is 0 Å². The summed E-state index contributed by atoms with van der Waals surface area (Å²) in [5.41, 5.74) is 0. The maximum absolute atomic E-state index is 6.04. The molecule has 2 aromatic rings. The van der Waals surface area contributed by atoms with E-state index >= 15 is 0 Å². The van der Waals surface area contributed by atoms with Crippen molar-refractivity contribution in [2.75, 3.05) is 31.1 Å². The highest BCUT2D eigenvalue weighted by atomic mass is 79.9. The summed E-state index contributed by atoms with van der Waals surface area (Å²) >= 11 is 6.96. The molecule has 2 atom stereocenters. The molecule has 5 rings (SSSR count). The van der Waals surface area contributed by atoms with Gasteiger partial charge in [0.15, 0.2) is 23.1 Å². The normalized spacial score (nSPS) is 23.3. The molecule has 5 heterocycles. The van der Waals surface area contributed by atoms with Gasteiger partial charge in [-0.15, -0.1) is 0 Å². The second kappa shape index (κ2) is 7.31. The van der Waals surface area contributed by atoms with E-state index < -0.39 is 0 Å². The molecule has 0 radical (unpaired) electrons. The fraction of sp³-hybridized carbons (Fsp3) is 0.474. The van der Waals surface area contributed by atoms with Crippen LogP contribution >= 0.6 is 31.9 Å². The minimum absolute atomic E-state index is 0.471. The maximum Gasteiger partial charge on any atom is 0.177 e. The molecule has 0 aromatic carbocycles. The summed E-state index contributed by atoms with van der Waals surface area (Å²) in [6, 6.07) is 4.55. The summed E-state index contributed by atoms with van der Waals surface area (Å²) < 4.78 is 13.5. The highest BCUT2D eigenvalue weighted by Crippen LogP contribution is 2.45. The number of aromatic nitrogens is 2. The SMILES string of the molecule is Brc1cnc2c(c1)Oc1cc(Br)cnc1N2CCCCN1C[C@H]2C[C@@H]1CO2. The van der Waals surface area contributed by atoms with Crippen LogP contribution in [-0.2, 0) is 4.74 Å². The number of anilines is 2. The van der Waals surface area contributed by atoms with Gasteiger partial charge in [-0.3, -0.25) is 4.90 Å². The number of halogens is 2. The summed E-state index contributed by atoms with van der Waals surface area (Å²) in [6.07, 6.45) is 7.52. The van der Waals surface area contributed by atoms with Crippen LogP contribution in [0.3, 0.4) is 0 Å². The third-order valence-electron chi connectivity index (χ3n) is 5.42. The van der Waals surface area contributed by atoms with Crippen molar-refractivity contribution in [3.8, 4) is 11.5 Å². The molecular weight excluding hydrogens is 476 g/mol. The summed E-state index contributed by atoms with van der Waals surface area (Å²) in [5.74, 6) is 3.17. The van der Waals surface area contributed by atoms with Gasteiger partial charge in [-0.05, 0) is 57.7 Å². The Morgan fingerprint density at radius 3 is 2.26 bits per heavy atom. The molecule has 0 aliphatic carbocycles. The number of nitrogens with zero attached hydrogens (tertiary/aromatic N) is 4. The summed E-state index contributed by atoms with van der Waals surface area (Å²) in [5, 5.41) is 0. The summed E-state index contributed by atoms with van der Waals surface area (Å²) in [4.78, 5) is 13.9. The van der Waals surface area contributed by atoms with Crippen LogP contribution in [0, 0.1) is 0 Å². The van der Waals surface area contributed by atoms with Crippen molar-refractivity contribution in [1.82, 2.24) is 14.9 Å². The van der Waals surface area contributed by atoms with E-state index in [0.29, 0.717) is 12.1 Å². The second-order valence-corrected chi connectivity index (χ2v) is 9.08. The summed E-state index contributed by atoms with van der Waals surface area (Å²) in [6.45, 7) is 4.01. The van der Waals surface area contributed by atoms with Gasteiger partial charge in [-0.1, -0.05) is 0 Å². The zero-order valence-electron chi connectivity index (χ0n) is 14.8. The Balaban J connectivity index is 1.29. The number of rotatable bonds is 5. The lowest BCUT2D eigenvalue weighted by molar-refractivity contribution is 0.0301. The van der Waals surface area contributed by atoms with E-state index in [1.165, 1.54) is 6.42 Å². The van der Waals surface area contributed by atoms with E-state index in [-0.39, 0.29) is 0 Å². The van der Waals surface area contributed by atoms with Crippen LogP contribution < -0.4 is 9.64 Å². The number of unbranched alkanes of at least 4 members (excludes halogenated alkanes) is 1. The van der Waals surface area contributed by atoms with E-state index in [1.807, 2.05) is 12.1 Å². The van der Waals surface area contributed by atoms with Crippen molar-refractivity contribution in [2.24, 2.45) is 0 Å². The fourth-order valence-corrected chi connectivity index (χ4v) is 4.77. The Hall–Kier alpha value is -1.22. The number of fused-ring (bicyclic) bond motifs is 4. The third kappa shape index (κ3) is 3.48. The van der Waals surface area contributed by atoms with Gasteiger partial charge in [-0.2, -0.15) is 0 Å². The molecule has 2 aromatic heterocycles. The fourth-order valence-electron chi connectivity index (χ4n) is 4.15. The molecule has 0 saturated carbocycles. The van der Waals surface area contributed by atoms with Crippen LogP contribution in [0.1, 0.15) is 19.3 Å². The van der Waals surface area contributed by atoms with Gasteiger partial charge in [-0.25, -0.2) is 9.97 Å². The first kappa shape index (κ1) is 17.8. The van der Waals surface area contributed by atoms with Gasteiger partial charge < -0.3 is 14.4 Å². The molecule has 8 heteroatoms. The molecule has 142 valence electrons. The van der Waals surface area contributed by atoms with Gasteiger partial charge in [0.2, 0.25) is 0 Å². The minimum atomic E-state index is 0.471. The van der Waals surface area contributed by atoms with Gasteiger partial charge in [0.1, 0.15) is 0 Å². The van der Waals surface area contributed by atoms with Crippen LogP contribution in [0.5, 0.6) is 11.5 Å². The molecule has 2 saturated heterocycles. The Labute approximate surface area is 175 Å². The molecule has 0 N–H and O–H groups in total. The molecule has 0 unspecified atom stereocenters. The van der Waals surface area contributed by atoms with Crippen molar-refractivity contribution < 1.29 is 9.47 Å². The molecule has 27 heavy (non-hydrogen) atoms. The topological polar surface area (TPSA) is 50.7 Å². The van der Waals surface area contributed by atoms with E-state index in [0.717, 1.165) is 71.2 Å². The minimum Gasteiger partial charge on any atom is -0.449 e. The smallest absolute Gasteiger partial charge is 0.177 e. The molecule has 2 fully saturated rings. The molecule has 0 spiro atoms. The Bertz CT molecular complexity index is 814. The predicted octanol–water partition coefficient (Wildman–Crippen LogP) is 4.50. The van der Waals surface area contributed by atoms with Gasteiger partial charge in [0.05, 0.1) is 12.7 Å². The lowest BCUT2D eigenvalue weighted by atomic mass is 10.2. The van der Waals surface area contributed by atoms with Crippen molar-refractivity contribution in [3.63, 3.8) is 0 Å². The first-order valence-corrected chi connectivity index (χ1v) is 10.9. The zero-order chi connectivity index (χ0) is 18.4. The number of hydrogen-bond acceptors (Lipinski definition) is 6. The standard InChI is InChI=1S/C19H20Br2N4O2/c20-12-5-16-18(22-8-12)25(19-17(27-16)6-13(21)9-23-19)4-2-1-3-24-10-15-7-14(24)11-26-15/h5-6,8-9,14-15H,1-4,7,10-11H2/t14-,15-/m1/s1. The van der Waals surface area contributed by atoms with Crippen LogP contribution in [0.15, 0.2) is 33.5 Å².